The van der Waals surface area contributed by atoms with Crippen molar-refractivity contribution in [3.8, 4) is 0 Å². The topological polar surface area (TPSA) is 20.2 Å². The molecular formula is C29H35OP. The summed E-state index contributed by atoms with van der Waals surface area (Å²) in [4.78, 5) is 0. The van der Waals surface area contributed by atoms with Crippen molar-refractivity contribution in [2.75, 3.05) is 0 Å². The summed E-state index contributed by atoms with van der Waals surface area (Å²) in [5.41, 5.74) is 0. The van der Waals surface area contributed by atoms with Crippen LogP contribution in [-0.2, 0) is 0 Å². The molecule has 31 heavy (non-hydrogen) atoms. The van der Waals surface area contributed by atoms with Gasteiger partial charge in [0.1, 0.15) is 0 Å². The first-order valence-electron chi connectivity index (χ1n) is 11.4. The van der Waals surface area contributed by atoms with Crippen LogP contribution in [-0.4, -0.2) is 17.0 Å². The quantitative estimate of drug-likeness (QED) is 0.394. The lowest BCUT2D eigenvalue weighted by Gasteiger charge is -2.28. The average molecular weight is 431 g/mol. The third-order valence-electron chi connectivity index (χ3n) is 6.13. The number of allylic oxidation sites excluding steroid dienone is 1. The van der Waals surface area contributed by atoms with Crippen molar-refractivity contribution in [3.63, 3.8) is 0 Å². The predicted molar refractivity (Wildman–Crippen MR) is 140 cm³/mol. The van der Waals surface area contributed by atoms with Crippen LogP contribution < -0.4 is 15.9 Å². The van der Waals surface area contributed by atoms with Gasteiger partial charge in [0.2, 0.25) is 0 Å². The van der Waals surface area contributed by atoms with Crippen LogP contribution in [0, 0.1) is 5.92 Å². The Kier molecular flexibility index (Phi) is 8.95. The first-order valence-corrected chi connectivity index (χ1v) is 13.2. The summed E-state index contributed by atoms with van der Waals surface area (Å²) < 4.78 is 0. The van der Waals surface area contributed by atoms with Gasteiger partial charge < -0.3 is 5.11 Å². The lowest BCUT2D eigenvalue weighted by molar-refractivity contribution is 0.102. The maximum atomic E-state index is 9.27. The normalized spacial score (nSPS) is 18.4. The van der Waals surface area contributed by atoms with Crippen LogP contribution in [0.25, 0.3) is 0 Å². The number of hydrogen-bond acceptors (Lipinski definition) is 1. The zero-order chi connectivity index (χ0) is 21.9. The molecule has 0 saturated heterocycles. The molecule has 4 rings (SSSR count). The Balaban J connectivity index is 0.000000229. The third kappa shape index (κ3) is 5.88. The van der Waals surface area contributed by atoms with E-state index in [4.69, 9.17) is 0 Å². The third-order valence-corrected chi connectivity index (χ3v) is 10.2. The Morgan fingerprint density at radius 3 is 1.61 bits per heavy atom. The molecule has 3 aromatic carbocycles. The molecule has 0 aromatic heterocycles. The number of hydrogen-bond donors (Lipinski definition) is 1. The Hall–Kier alpha value is -2.34. The van der Waals surface area contributed by atoms with E-state index in [0.717, 1.165) is 19.3 Å². The monoisotopic (exact) mass is 430 g/mol. The van der Waals surface area contributed by atoms with Crippen molar-refractivity contribution in [2.45, 2.75) is 45.1 Å². The fourth-order valence-electron chi connectivity index (χ4n) is 4.60. The summed E-state index contributed by atoms with van der Waals surface area (Å²) >= 11 is 0. The van der Waals surface area contributed by atoms with E-state index < -0.39 is 6.89 Å². The highest BCUT2D eigenvalue weighted by Gasteiger charge is 2.23. The van der Waals surface area contributed by atoms with E-state index >= 15 is 0 Å². The second-order valence-corrected chi connectivity index (χ2v) is 11.7. The van der Waals surface area contributed by atoms with Gasteiger partial charge in [-0.2, -0.15) is 0 Å². The van der Waals surface area contributed by atoms with Crippen LogP contribution in [0.4, 0.5) is 0 Å². The van der Waals surface area contributed by atoms with E-state index in [2.05, 4.69) is 110 Å². The molecule has 2 unspecified atom stereocenters. The molecule has 0 heterocycles. The van der Waals surface area contributed by atoms with Crippen molar-refractivity contribution in [1.82, 2.24) is 0 Å². The predicted octanol–water partition coefficient (Wildman–Crippen LogP) is 5.92. The summed E-state index contributed by atoms with van der Waals surface area (Å²) in [5, 5.41) is 13.5. The molecule has 1 aliphatic carbocycles. The molecule has 1 N–H and O–H groups in total. The number of aliphatic hydroxyl groups excluding tert-OH is 1. The van der Waals surface area contributed by atoms with Crippen LogP contribution in [0.5, 0.6) is 0 Å². The number of aliphatic hydroxyl groups is 1. The van der Waals surface area contributed by atoms with Crippen molar-refractivity contribution >= 4 is 28.6 Å². The largest absolute Gasteiger partial charge is 0.393 e. The van der Waals surface area contributed by atoms with Gasteiger partial charge >= 0.3 is 0 Å². The average Bonchev–Trinajstić information content (AvgIpc) is 2.83. The van der Waals surface area contributed by atoms with Crippen LogP contribution >= 0.6 is 6.89 Å². The molecule has 3 aromatic rings. The Labute approximate surface area is 188 Å². The molecule has 0 amide bonds. The van der Waals surface area contributed by atoms with Gasteiger partial charge in [0.15, 0.2) is 0 Å². The molecule has 162 valence electrons. The van der Waals surface area contributed by atoms with Crippen LogP contribution in [0.1, 0.15) is 39.0 Å². The fourth-order valence-corrected chi connectivity index (χ4v) is 8.31. The summed E-state index contributed by atoms with van der Waals surface area (Å²) in [6, 6.07) is 32.6. The Morgan fingerprint density at radius 2 is 1.26 bits per heavy atom. The lowest BCUT2D eigenvalue weighted by Crippen LogP contribution is -2.26. The first-order chi connectivity index (χ1) is 15.2. The zero-order valence-electron chi connectivity index (χ0n) is 18.6. The molecule has 0 spiro atoms. The van der Waals surface area contributed by atoms with E-state index in [1.165, 1.54) is 28.8 Å². The first kappa shape index (κ1) is 23.3. The van der Waals surface area contributed by atoms with Gasteiger partial charge in [0, 0.05) is 0 Å². The highest BCUT2D eigenvalue weighted by atomic mass is 31.2. The second kappa shape index (κ2) is 11.9. The van der Waals surface area contributed by atoms with Crippen molar-refractivity contribution in [3.05, 3.63) is 104 Å². The smallest absolute Gasteiger partial charge is 0.0543 e. The van der Waals surface area contributed by atoms with E-state index in [0.29, 0.717) is 5.92 Å². The minimum atomic E-state index is -1.66. The summed E-state index contributed by atoms with van der Waals surface area (Å²) in [6.07, 6.45) is 7.49. The molecule has 1 nitrogen and oxygen atoms in total. The molecule has 1 fully saturated rings. The highest BCUT2D eigenvalue weighted by Crippen LogP contribution is 2.43. The van der Waals surface area contributed by atoms with Gasteiger partial charge in [-0.25, -0.2) is 0 Å². The lowest BCUT2D eigenvalue weighted by atomic mass is 9.85. The molecule has 1 saturated carbocycles. The van der Waals surface area contributed by atoms with Gasteiger partial charge in [-0.1, -0.05) is 109 Å². The maximum absolute atomic E-state index is 9.27. The molecule has 2 atom stereocenters. The standard InChI is InChI=1S/C20H19P.C9H16O/c1-2-21(18-12-6-3-7-13-18,19-14-8-4-9-15-19)20-16-10-5-11-17-20;1-2-4-8-5-3-6-9(10)7-8/h2-17H,1H3;2,8-10H,1,3-7H2. The highest BCUT2D eigenvalue weighted by molar-refractivity contribution is 7.94. The van der Waals surface area contributed by atoms with Gasteiger partial charge in [-0.05, 0) is 61.3 Å². The van der Waals surface area contributed by atoms with E-state index in [9.17, 15) is 5.11 Å². The van der Waals surface area contributed by atoms with Gasteiger partial charge in [0.25, 0.3) is 0 Å². The van der Waals surface area contributed by atoms with Crippen molar-refractivity contribution in [2.24, 2.45) is 5.92 Å². The molecule has 1 aliphatic rings. The number of benzene rings is 3. The molecule has 0 radical (unpaired) electrons. The van der Waals surface area contributed by atoms with E-state index in [-0.39, 0.29) is 6.10 Å². The van der Waals surface area contributed by atoms with Crippen molar-refractivity contribution in [1.29, 1.82) is 0 Å². The van der Waals surface area contributed by atoms with Crippen molar-refractivity contribution < 1.29 is 5.11 Å². The minimum Gasteiger partial charge on any atom is -0.393 e. The minimum absolute atomic E-state index is 0.0290. The maximum Gasteiger partial charge on any atom is 0.0543 e. The van der Waals surface area contributed by atoms with Crippen LogP contribution in [0.15, 0.2) is 104 Å². The number of rotatable bonds is 5. The zero-order valence-corrected chi connectivity index (χ0v) is 19.5. The summed E-state index contributed by atoms with van der Waals surface area (Å²) in [6.45, 7) is 4.23. The Morgan fingerprint density at radius 1 is 0.806 bits per heavy atom. The molecule has 0 aliphatic heterocycles. The van der Waals surface area contributed by atoms with E-state index in [1.54, 1.807) is 0 Å². The second-order valence-electron chi connectivity index (χ2n) is 8.20. The summed E-state index contributed by atoms with van der Waals surface area (Å²) in [7, 11) is 0. The van der Waals surface area contributed by atoms with Gasteiger partial charge in [0.05, 0.1) is 6.10 Å². The van der Waals surface area contributed by atoms with E-state index in [1.807, 2.05) is 6.08 Å². The Bertz CT molecular complexity index is 860. The molecule has 2 heteroatoms. The molecule has 0 bridgehead atoms. The van der Waals surface area contributed by atoms with Gasteiger partial charge in [-0.3, -0.25) is 0 Å². The SMILES string of the molecule is C=CCC1CCCC(O)C1.CC=P(c1ccccc1)(c1ccccc1)c1ccccc1. The molecular weight excluding hydrogens is 395 g/mol. The summed E-state index contributed by atoms with van der Waals surface area (Å²) in [5.74, 6) is 3.12. The van der Waals surface area contributed by atoms with Crippen LogP contribution in [0.3, 0.4) is 0 Å². The van der Waals surface area contributed by atoms with Gasteiger partial charge in [-0.15, -0.1) is 6.58 Å². The van der Waals surface area contributed by atoms with Crippen LogP contribution in [0.2, 0.25) is 0 Å². The fraction of sp³-hybridized carbons (Fsp3) is 0.276.